The van der Waals surface area contributed by atoms with E-state index in [0.29, 0.717) is 43.2 Å². The topological polar surface area (TPSA) is 119 Å². The van der Waals surface area contributed by atoms with Crippen molar-refractivity contribution in [2.45, 2.75) is 52.0 Å². The summed E-state index contributed by atoms with van der Waals surface area (Å²) in [5.74, 6) is 1.02. The number of aryl methyl sites for hydroxylation is 2. The first-order valence-corrected chi connectivity index (χ1v) is 13.1. The molecule has 8 nitrogen and oxygen atoms in total. The molecule has 0 aliphatic heterocycles. The maximum absolute atomic E-state index is 10.5. The van der Waals surface area contributed by atoms with Crippen LogP contribution in [0.5, 0.6) is 11.5 Å². The third kappa shape index (κ3) is 6.25. The number of fused-ring (bicyclic) bond motifs is 3. The summed E-state index contributed by atoms with van der Waals surface area (Å²) in [6.07, 6.45) is 5.39. The summed E-state index contributed by atoms with van der Waals surface area (Å²) < 4.78 is 7.78. The minimum Gasteiger partial charge on any atom is -0.504 e. The number of phenols is 2. The Labute approximate surface area is 221 Å². The number of aliphatic imine (C=N–C) groups is 1. The van der Waals surface area contributed by atoms with Gasteiger partial charge in [0.25, 0.3) is 0 Å². The van der Waals surface area contributed by atoms with E-state index in [0.717, 1.165) is 66.3 Å². The molecule has 9 heteroatoms. The fraction of sp³-hybridized carbons (Fsp3) is 0.393. The highest BCUT2D eigenvalue weighted by molar-refractivity contribution is 7.78. The van der Waals surface area contributed by atoms with Gasteiger partial charge < -0.3 is 25.3 Å². The fourth-order valence-corrected chi connectivity index (χ4v) is 4.59. The molecule has 37 heavy (non-hydrogen) atoms. The van der Waals surface area contributed by atoms with Crippen molar-refractivity contribution in [1.82, 2.24) is 14.5 Å². The molecule has 0 aliphatic carbocycles. The molecule has 194 valence electrons. The van der Waals surface area contributed by atoms with E-state index in [-0.39, 0.29) is 11.5 Å². The van der Waals surface area contributed by atoms with Gasteiger partial charge in [-0.15, -0.1) is 0 Å². The summed E-state index contributed by atoms with van der Waals surface area (Å²) in [4.78, 5) is 13.4. The van der Waals surface area contributed by atoms with Crippen LogP contribution in [-0.2, 0) is 24.1 Å². The van der Waals surface area contributed by atoms with Gasteiger partial charge in [0.2, 0.25) is 0 Å². The number of isothiocyanates is 1. The van der Waals surface area contributed by atoms with Crippen LogP contribution in [0.2, 0.25) is 0 Å². The van der Waals surface area contributed by atoms with Crippen LogP contribution in [0, 0.1) is 0 Å². The first kappa shape index (κ1) is 26.5. The summed E-state index contributed by atoms with van der Waals surface area (Å²) in [7, 11) is 0. The molecule has 0 unspecified atom stereocenters. The van der Waals surface area contributed by atoms with E-state index in [1.54, 1.807) is 6.07 Å². The number of rotatable bonds is 13. The van der Waals surface area contributed by atoms with E-state index in [4.69, 9.17) is 15.5 Å². The lowest BCUT2D eigenvalue weighted by Gasteiger charge is -2.13. The Bertz CT molecular complexity index is 1430. The number of nitrogens with two attached hydrogens (primary N) is 1. The van der Waals surface area contributed by atoms with E-state index >= 15 is 0 Å². The molecule has 0 bridgehead atoms. The second-order valence-corrected chi connectivity index (χ2v) is 9.27. The summed E-state index contributed by atoms with van der Waals surface area (Å²) in [5.41, 5.74) is 10.6. The van der Waals surface area contributed by atoms with Crippen molar-refractivity contribution in [2.24, 2.45) is 4.99 Å². The van der Waals surface area contributed by atoms with Crippen LogP contribution in [0.3, 0.4) is 0 Å². The molecule has 0 saturated carbocycles. The molecule has 2 aromatic heterocycles. The number of hydrogen-bond acceptors (Lipinski definition) is 8. The largest absolute Gasteiger partial charge is 0.504 e. The Morgan fingerprint density at radius 1 is 1.08 bits per heavy atom. The molecule has 0 spiro atoms. The Kier molecular flexibility index (Phi) is 9.06. The number of aromatic nitrogens is 3. The van der Waals surface area contributed by atoms with Gasteiger partial charge in [-0.25, -0.2) is 15.0 Å². The zero-order chi connectivity index (χ0) is 26.2. The molecule has 0 aliphatic rings. The highest BCUT2D eigenvalue weighted by atomic mass is 32.1. The lowest BCUT2D eigenvalue weighted by atomic mass is 10.1. The van der Waals surface area contributed by atoms with Gasteiger partial charge in [-0.2, -0.15) is 0 Å². The second kappa shape index (κ2) is 12.6. The Morgan fingerprint density at radius 3 is 2.73 bits per heavy atom. The molecule has 2 aromatic carbocycles. The SMILES string of the molecule is CCCCc1nc2c(N)nc3cc(CCCOCCCN=C=S)ccc3c2n1Cc1cccc(O)c1O. The number of hydrogen-bond donors (Lipinski definition) is 3. The minimum absolute atomic E-state index is 0.118. The number of aromatic hydroxyl groups is 2. The summed E-state index contributed by atoms with van der Waals surface area (Å²) >= 11 is 4.56. The number of pyridine rings is 1. The van der Waals surface area contributed by atoms with E-state index in [1.807, 2.05) is 6.07 Å². The Balaban J connectivity index is 1.63. The first-order valence-electron chi connectivity index (χ1n) is 12.7. The van der Waals surface area contributed by atoms with Crippen LogP contribution in [0.15, 0.2) is 41.4 Å². The number of ether oxygens (including phenoxy) is 1. The van der Waals surface area contributed by atoms with Gasteiger partial charge in [0.15, 0.2) is 17.3 Å². The van der Waals surface area contributed by atoms with E-state index in [1.165, 1.54) is 6.07 Å². The maximum Gasteiger partial charge on any atom is 0.162 e. The molecule has 2 heterocycles. The van der Waals surface area contributed by atoms with Crippen molar-refractivity contribution in [2.75, 3.05) is 25.5 Å². The van der Waals surface area contributed by atoms with Gasteiger partial charge in [0.05, 0.1) is 29.3 Å². The maximum atomic E-state index is 10.5. The number of nitrogen functional groups attached to an aromatic ring is 1. The number of anilines is 1. The second-order valence-electron chi connectivity index (χ2n) is 9.09. The van der Waals surface area contributed by atoms with Crippen LogP contribution < -0.4 is 5.73 Å². The third-order valence-electron chi connectivity index (χ3n) is 6.41. The molecule has 0 radical (unpaired) electrons. The molecular weight excluding hydrogens is 486 g/mol. The highest BCUT2D eigenvalue weighted by Gasteiger charge is 2.19. The quantitative estimate of drug-likeness (QED) is 0.0935. The van der Waals surface area contributed by atoms with E-state index in [2.05, 4.69) is 57.0 Å². The van der Waals surface area contributed by atoms with Crippen molar-refractivity contribution in [3.8, 4) is 11.5 Å². The minimum atomic E-state index is -0.139. The molecule has 0 amide bonds. The molecule has 0 fully saturated rings. The lowest BCUT2D eigenvalue weighted by molar-refractivity contribution is 0.131. The van der Waals surface area contributed by atoms with Crippen molar-refractivity contribution in [3.63, 3.8) is 0 Å². The summed E-state index contributed by atoms with van der Waals surface area (Å²) in [5, 5.41) is 23.8. The van der Waals surface area contributed by atoms with Gasteiger partial charge >= 0.3 is 0 Å². The van der Waals surface area contributed by atoms with Crippen molar-refractivity contribution in [3.05, 3.63) is 53.3 Å². The molecule has 4 N–H and O–H groups in total. The number of thiocarbonyl (C=S) groups is 1. The van der Waals surface area contributed by atoms with Crippen LogP contribution in [0.1, 0.15) is 49.6 Å². The first-order chi connectivity index (χ1) is 18.0. The average molecular weight is 520 g/mol. The van der Waals surface area contributed by atoms with Crippen molar-refractivity contribution >= 4 is 45.1 Å². The normalized spacial score (nSPS) is 11.3. The highest BCUT2D eigenvalue weighted by Crippen LogP contribution is 2.34. The zero-order valence-corrected chi connectivity index (χ0v) is 21.9. The molecule has 0 saturated heterocycles. The predicted molar refractivity (Wildman–Crippen MR) is 151 cm³/mol. The fourth-order valence-electron chi connectivity index (χ4n) is 4.50. The smallest absolute Gasteiger partial charge is 0.162 e. The number of para-hydroxylation sites is 1. The number of benzene rings is 2. The van der Waals surface area contributed by atoms with Gasteiger partial charge in [-0.3, -0.25) is 0 Å². The van der Waals surface area contributed by atoms with Crippen LogP contribution in [-0.4, -0.2) is 49.7 Å². The number of phenolic OH excluding ortho intramolecular Hbond substituents is 2. The van der Waals surface area contributed by atoms with E-state index in [9.17, 15) is 10.2 Å². The predicted octanol–water partition coefficient (Wildman–Crippen LogP) is 5.41. The van der Waals surface area contributed by atoms with Crippen LogP contribution >= 0.6 is 12.2 Å². The van der Waals surface area contributed by atoms with Crippen LogP contribution in [0.25, 0.3) is 21.9 Å². The monoisotopic (exact) mass is 519 g/mol. The third-order valence-corrected chi connectivity index (χ3v) is 6.53. The van der Waals surface area contributed by atoms with Gasteiger partial charge in [-0.05, 0) is 55.6 Å². The molecule has 4 aromatic rings. The number of imidazole rings is 1. The Morgan fingerprint density at radius 2 is 1.92 bits per heavy atom. The average Bonchev–Trinajstić information content (AvgIpc) is 3.26. The van der Waals surface area contributed by atoms with Gasteiger partial charge in [-0.1, -0.05) is 37.6 Å². The molecule has 4 rings (SSSR count). The van der Waals surface area contributed by atoms with Crippen LogP contribution in [0.4, 0.5) is 5.82 Å². The van der Waals surface area contributed by atoms with Gasteiger partial charge in [0.1, 0.15) is 11.3 Å². The summed E-state index contributed by atoms with van der Waals surface area (Å²) in [6.45, 7) is 4.49. The lowest BCUT2D eigenvalue weighted by Crippen LogP contribution is -2.06. The van der Waals surface area contributed by atoms with Gasteiger partial charge in [0, 0.05) is 30.6 Å². The Hall–Kier alpha value is -3.52. The zero-order valence-electron chi connectivity index (χ0n) is 21.1. The van der Waals surface area contributed by atoms with Crippen molar-refractivity contribution in [1.29, 1.82) is 0 Å². The molecular formula is C28H33N5O3S. The number of nitrogens with zero attached hydrogens (tertiary/aromatic N) is 4. The van der Waals surface area contributed by atoms with Crippen molar-refractivity contribution < 1.29 is 14.9 Å². The number of unbranched alkanes of at least 4 members (excludes halogenated alkanes) is 1. The standard InChI is InChI=1S/C28H33N5O3S/c1-2-3-10-24-32-25-26(33(24)17-20-8-4-9-23(34)27(20)35)21-12-11-19(16-22(21)31-28(25)29)7-5-14-36-15-6-13-30-18-37/h4,8-9,11-12,16,34-35H,2-3,5-7,10,13-15,17H2,1H3,(H2,29,31). The molecule has 0 atom stereocenters. The summed E-state index contributed by atoms with van der Waals surface area (Å²) in [6, 6.07) is 11.3. The van der Waals surface area contributed by atoms with E-state index < -0.39 is 0 Å².